The van der Waals surface area contributed by atoms with Crippen LogP contribution in [0.2, 0.25) is 0 Å². The number of hydrogen-bond donors (Lipinski definition) is 17. The molecule has 0 spiro atoms. The minimum absolute atomic E-state index is 0.213. The number of anilines is 5. The van der Waals surface area contributed by atoms with E-state index in [2.05, 4.69) is 39.4 Å². The Morgan fingerprint density at radius 1 is 0.437 bits per heavy atom. The molecule has 0 aliphatic carbocycles. The monoisotopic (exact) mass is 1570 g/mol. The molecule has 0 bridgehead atoms. The zero-order valence-electron chi connectivity index (χ0n) is 51.5. The number of aromatic amines is 1. The first-order valence-corrected chi connectivity index (χ1v) is 36.4. The number of nitrogens with two attached hydrogens (primary N) is 5. The molecule has 52 nitrogen and oxygen atoms in total. The Morgan fingerprint density at radius 2 is 0.728 bits per heavy atom. The summed E-state index contributed by atoms with van der Waals surface area (Å²) in [5.41, 5.74) is 21.8. The van der Waals surface area contributed by atoms with Crippen LogP contribution in [0, 0.1) is 0 Å². The van der Waals surface area contributed by atoms with Gasteiger partial charge in [0.25, 0.3) is 5.56 Å². The third kappa shape index (κ3) is 17.1. The summed E-state index contributed by atoms with van der Waals surface area (Å²) in [7, 11) is -26.6. The van der Waals surface area contributed by atoms with Gasteiger partial charge in [-0.15, -0.1) is 9.42 Å². The van der Waals surface area contributed by atoms with Crippen LogP contribution in [0.3, 0.4) is 0 Å². The Morgan fingerprint density at radius 3 is 1.05 bits per heavy atom. The molecular weight excluding hydrogens is 1510 g/mol. The van der Waals surface area contributed by atoms with Gasteiger partial charge in [-0.2, -0.15) is 24.9 Å². The lowest BCUT2D eigenvalue weighted by atomic mass is 10.1. The summed E-state index contributed by atoms with van der Waals surface area (Å²) in [4.78, 5) is 143. The average Bonchev–Trinajstić information content (AvgIpc) is 1.70. The Balaban J connectivity index is 0.813. The second-order valence-corrected chi connectivity index (χ2v) is 28.9. The number of imidazole rings is 1. The van der Waals surface area contributed by atoms with Crippen LogP contribution in [0.5, 0.6) is 0 Å². The SMILES string of the molecule is Nc1ccn([C@@H]2O[C@H](COP(=O)(O)O[C@H]3[C@@H](O)[C@H](n4ccc(N)nc4=O)O[C@@H]3COP(=O)(O)O[C@H]3[C@@H](O)[C@H](n4ccc(N)nc4=O)O[C@@H]3COP(=O)(O)O[C@H]3[C@@H](O)[C@H](n4cnc5c(=O)[nH]c(N)nc54)O[C@@H]3COP(=O)(O)O[C@H]3[C@@H](O)[C@H](n4ccc(N)nc4=O)O[C@@H]3CO[P+](=O)O)[C@@H](O)[C@H]2O)c(=O)n1. The van der Waals surface area contributed by atoms with E-state index in [1.54, 1.807) is 0 Å². The first kappa shape index (κ1) is 77.0. The molecule has 6 aromatic heterocycles. The molecule has 5 aliphatic rings. The lowest BCUT2D eigenvalue weighted by molar-refractivity contribution is -0.0661. The fourth-order valence-electron chi connectivity index (χ4n) is 11.1. The number of aliphatic hydroxyl groups excluding tert-OH is 6. The summed E-state index contributed by atoms with van der Waals surface area (Å²) in [5.74, 6) is -1.68. The predicted octanol–water partition coefficient (Wildman–Crippen LogP) is -7.61. The largest absolute Gasteiger partial charge is 0.694 e. The van der Waals surface area contributed by atoms with Crippen LogP contribution >= 0.6 is 39.5 Å². The van der Waals surface area contributed by atoms with E-state index in [0.717, 1.165) is 64.5 Å². The van der Waals surface area contributed by atoms with Crippen molar-refractivity contribution < 1.29 is 142 Å². The predicted molar refractivity (Wildman–Crippen MR) is 328 cm³/mol. The number of aliphatic hydroxyl groups is 6. The van der Waals surface area contributed by atoms with Crippen LogP contribution in [-0.4, -0.2) is 237 Å². The van der Waals surface area contributed by atoms with Gasteiger partial charge in [-0.05, 0) is 24.3 Å². The van der Waals surface area contributed by atoms with E-state index in [1.807, 2.05) is 0 Å². The maximum atomic E-state index is 14.2. The number of nitrogens with one attached hydrogen (secondary N) is 1. The van der Waals surface area contributed by atoms with Crippen molar-refractivity contribution in [3.63, 3.8) is 0 Å². The molecule has 5 saturated heterocycles. The molecule has 5 fully saturated rings. The van der Waals surface area contributed by atoms with E-state index in [1.165, 1.54) is 0 Å². The summed E-state index contributed by atoms with van der Waals surface area (Å²) in [6.07, 6.45) is -36.3. The highest BCUT2D eigenvalue weighted by Crippen LogP contribution is 2.55. The van der Waals surface area contributed by atoms with Crippen LogP contribution < -0.4 is 57.0 Å². The van der Waals surface area contributed by atoms with Gasteiger partial charge in [0.1, 0.15) is 121 Å². The van der Waals surface area contributed by atoms with E-state index in [-0.39, 0.29) is 23.3 Å². The quantitative estimate of drug-likeness (QED) is 0.0203. The zero-order chi connectivity index (χ0) is 74.7. The van der Waals surface area contributed by atoms with Crippen LogP contribution in [0.15, 0.2) is 79.4 Å². The van der Waals surface area contributed by atoms with Gasteiger partial charge in [0.15, 0.2) is 42.3 Å². The maximum Gasteiger partial charge on any atom is 0.694 e. The molecule has 564 valence electrons. The first-order valence-electron chi connectivity index (χ1n) is 29.3. The number of fused-ring (bicyclic) bond motifs is 1. The third-order valence-corrected chi connectivity index (χ3v) is 20.1. The Hall–Kier alpha value is -7.11. The molecule has 0 saturated carbocycles. The van der Waals surface area contributed by atoms with Crippen molar-refractivity contribution in [3.8, 4) is 0 Å². The van der Waals surface area contributed by atoms with E-state index in [9.17, 15) is 102 Å². The maximum absolute atomic E-state index is 14.2. The van der Waals surface area contributed by atoms with E-state index >= 15 is 0 Å². The molecule has 6 aromatic rings. The van der Waals surface area contributed by atoms with Gasteiger partial charge < -0.3 is 103 Å². The second kappa shape index (κ2) is 30.4. The topological polar surface area (TPSA) is 770 Å². The highest BCUT2D eigenvalue weighted by molar-refractivity contribution is 7.48. The second-order valence-electron chi connectivity index (χ2n) is 22.6. The zero-order valence-corrected chi connectivity index (χ0v) is 56.0. The standard InChI is InChI=1S/C46H60N17O35P5/c47-20-1-5-59(43(71)53-20)37-26(65)25(64)15(90-37)10-86-100(77,78)96-32-17(92-39(28(32)67)61-7-3-22(49)55-45(61)73)11-87-102(81,82)97-33-18(93-40(29(33)68)62-8-4-23(50)56-46(62)74)12-88-103(83,84)98-34-19(94-41(30(34)69)63-14-52-24-35(63)57-42(51)58-36(24)70)13-89-101(79,80)95-31-16(9-85-99(75)76)91-38(27(31)66)60-6-2-21(48)54-44(60)72/h1-8,14-19,25-34,37-41,64-69H,9-13H2,(H15-,47,48,49,50,51,53,54,55,56,57,58,70,71,72,73,74,75,76,77,78,79,80,81,82,83,84)/p+1/t15-,16-,17-,18-,19-,25-,26-,27-,28-,29-,30-,31-,32-,33-,34-,37-,38-,39-,40-,41-/m1/s1. The van der Waals surface area contributed by atoms with E-state index in [0.29, 0.717) is 13.7 Å². The summed E-state index contributed by atoms with van der Waals surface area (Å²) in [6, 6.07) is 4.34. The molecule has 11 heterocycles. The van der Waals surface area contributed by atoms with Gasteiger partial charge in [0, 0.05) is 29.4 Å². The highest BCUT2D eigenvalue weighted by atomic mass is 31.2. The van der Waals surface area contributed by atoms with E-state index < -0.39 is 241 Å². The Labute approximate surface area is 570 Å². The molecule has 5 aliphatic heterocycles. The molecule has 57 heteroatoms. The van der Waals surface area contributed by atoms with Gasteiger partial charge in [-0.1, -0.05) is 0 Å². The molecule has 0 aromatic carbocycles. The van der Waals surface area contributed by atoms with Crippen LogP contribution in [0.25, 0.3) is 11.2 Å². The van der Waals surface area contributed by atoms with Crippen LogP contribution in [0.4, 0.5) is 29.2 Å². The number of phosphoric ester groups is 4. The summed E-state index contributed by atoms with van der Waals surface area (Å²) in [5, 5.41) is 68.0. The van der Waals surface area contributed by atoms with Crippen molar-refractivity contribution in [2.45, 2.75) is 123 Å². The van der Waals surface area contributed by atoms with Crippen molar-refractivity contribution in [3.05, 3.63) is 108 Å². The minimum atomic E-state index is -5.93. The number of phosphoric acid groups is 4. The van der Waals surface area contributed by atoms with E-state index in [4.69, 9.17) is 88.5 Å². The number of H-pyrrole nitrogens is 1. The van der Waals surface area contributed by atoms with Crippen LogP contribution in [-0.2, 0) is 87.2 Å². The Bertz CT molecular complexity index is 4670. The summed E-state index contributed by atoms with van der Waals surface area (Å²) in [6.45, 7) is -6.20. The third-order valence-electron chi connectivity index (χ3n) is 15.8. The number of hydrogen-bond acceptors (Lipinski definition) is 41. The van der Waals surface area contributed by atoms with Crippen molar-refractivity contribution in [2.75, 3.05) is 61.7 Å². The number of nitrogens with zero attached hydrogens (tertiary/aromatic N) is 11. The van der Waals surface area contributed by atoms with Gasteiger partial charge in [0.2, 0.25) is 5.95 Å². The van der Waals surface area contributed by atoms with Crippen molar-refractivity contribution in [1.29, 1.82) is 0 Å². The van der Waals surface area contributed by atoms with Gasteiger partial charge >= 0.3 is 62.3 Å². The Kier molecular flexibility index (Phi) is 22.7. The average molecular weight is 1570 g/mol. The highest BCUT2D eigenvalue weighted by Gasteiger charge is 2.57. The molecule has 5 unspecified atom stereocenters. The molecular formula is C46H61N17O35P5+. The first-order chi connectivity index (χ1) is 48.4. The number of aromatic nitrogens is 12. The molecule has 11 rings (SSSR count). The molecule has 0 amide bonds. The number of ether oxygens (including phenoxy) is 5. The summed E-state index contributed by atoms with van der Waals surface area (Å²) < 4.78 is 146. The van der Waals surface area contributed by atoms with Gasteiger partial charge in [-0.25, -0.2) is 42.4 Å². The van der Waals surface area contributed by atoms with Crippen molar-refractivity contribution in [1.82, 2.24) is 57.7 Å². The minimum Gasteiger partial charge on any atom is -0.387 e. The smallest absolute Gasteiger partial charge is 0.387 e. The van der Waals surface area contributed by atoms with Gasteiger partial charge in [-0.3, -0.25) is 68.8 Å². The lowest BCUT2D eigenvalue weighted by Crippen LogP contribution is -2.39. The molecule has 0 radical (unpaired) electrons. The van der Waals surface area contributed by atoms with Crippen molar-refractivity contribution >= 4 is 79.9 Å². The van der Waals surface area contributed by atoms with Gasteiger partial charge in [0.05, 0.1) is 32.8 Å². The fraction of sp³-hybridized carbons (Fsp3) is 0.543. The number of rotatable bonds is 28. The van der Waals surface area contributed by atoms with Crippen LogP contribution in [0.1, 0.15) is 31.1 Å². The number of nitrogen functional groups attached to an aromatic ring is 5. The summed E-state index contributed by atoms with van der Waals surface area (Å²) >= 11 is 0. The molecule has 25 atom stereocenters. The normalized spacial score (nSPS) is 32.7. The van der Waals surface area contributed by atoms with Crippen molar-refractivity contribution in [2.24, 2.45) is 0 Å². The lowest BCUT2D eigenvalue weighted by Gasteiger charge is -2.27. The fourth-order valence-corrected chi connectivity index (χ4v) is 15.2. The molecule has 22 N–H and O–H groups in total. The molecule has 103 heavy (non-hydrogen) atoms.